The summed E-state index contributed by atoms with van der Waals surface area (Å²) >= 11 is 0. The number of carbonyl (C=O) groups excluding carboxylic acids is 6. The average molecular weight is 532 g/mol. The summed E-state index contributed by atoms with van der Waals surface area (Å²) in [6, 6.07) is -1.47. The van der Waals surface area contributed by atoms with Crippen molar-refractivity contribution in [3.8, 4) is 0 Å². The number of imide groups is 3. The Morgan fingerprint density at radius 2 is 0.737 bits per heavy atom. The van der Waals surface area contributed by atoms with Crippen LogP contribution in [0, 0.1) is 5.41 Å². The number of nitrogens with zero attached hydrogens (tertiary/aromatic N) is 3. The van der Waals surface area contributed by atoms with Crippen LogP contribution >= 0.6 is 0 Å². The number of amides is 6. The zero-order valence-corrected chi connectivity index (χ0v) is 22.0. The van der Waals surface area contributed by atoms with E-state index in [1.54, 1.807) is 20.8 Å². The number of hydrogen-bond donors (Lipinski definition) is 0. The number of ether oxygens (including phenoxy) is 3. The van der Waals surface area contributed by atoms with Crippen molar-refractivity contribution in [2.24, 2.45) is 5.41 Å². The van der Waals surface area contributed by atoms with Crippen LogP contribution in [-0.2, 0) is 43.0 Å². The molecule has 206 valence electrons. The highest BCUT2D eigenvalue weighted by Gasteiger charge is 2.33. The van der Waals surface area contributed by atoms with Crippen LogP contribution in [0.4, 0.5) is 0 Å². The minimum atomic E-state index is -0.717. The molecule has 12 nitrogen and oxygen atoms in total. The van der Waals surface area contributed by atoms with Crippen molar-refractivity contribution in [3.05, 3.63) is 36.5 Å². The monoisotopic (exact) mass is 531 g/mol. The summed E-state index contributed by atoms with van der Waals surface area (Å²) < 4.78 is 17.6. The molecule has 3 aliphatic heterocycles. The van der Waals surface area contributed by atoms with Crippen LogP contribution in [0.1, 0.15) is 27.7 Å². The van der Waals surface area contributed by atoms with Gasteiger partial charge in [0.15, 0.2) is 0 Å². The molecule has 0 aromatic heterocycles. The first-order chi connectivity index (χ1) is 17.9. The largest absolute Gasteiger partial charge is 0.379 e. The van der Waals surface area contributed by atoms with Gasteiger partial charge in [0.05, 0.1) is 57.8 Å². The van der Waals surface area contributed by atoms with Gasteiger partial charge in [-0.25, -0.2) is 0 Å². The third-order valence-electron chi connectivity index (χ3n) is 6.28. The van der Waals surface area contributed by atoms with Crippen LogP contribution < -0.4 is 0 Å². The quantitative estimate of drug-likeness (QED) is 0.267. The molecule has 0 saturated carbocycles. The van der Waals surface area contributed by atoms with Crippen LogP contribution in [0.15, 0.2) is 36.5 Å². The Balaban J connectivity index is 1.54. The minimum absolute atomic E-state index is 0.0897. The lowest BCUT2D eigenvalue weighted by Gasteiger charge is -2.32. The molecule has 0 aromatic rings. The van der Waals surface area contributed by atoms with Crippen LogP contribution in [0.25, 0.3) is 0 Å². The first-order valence-corrected chi connectivity index (χ1v) is 12.3. The Morgan fingerprint density at radius 1 is 0.526 bits per heavy atom. The van der Waals surface area contributed by atoms with E-state index in [-0.39, 0.29) is 39.6 Å². The van der Waals surface area contributed by atoms with E-state index in [1.807, 2.05) is 6.92 Å². The van der Waals surface area contributed by atoms with E-state index in [0.29, 0.717) is 0 Å². The molecule has 6 amide bonds. The second-order valence-electron chi connectivity index (χ2n) is 10.0. The Hall–Kier alpha value is -3.48. The van der Waals surface area contributed by atoms with Gasteiger partial charge in [0.2, 0.25) is 0 Å². The normalized spacial score (nSPS) is 21.3. The molecule has 0 radical (unpaired) electrons. The van der Waals surface area contributed by atoms with Crippen molar-refractivity contribution in [1.29, 1.82) is 0 Å². The molecule has 0 fully saturated rings. The van der Waals surface area contributed by atoms with Gasteiger partial charge in [0, 0.05) is 41.9 Å². The fourth-order valence-electron chi connectivity index (χ4n) is 4.31. The van der Waals surface area contributed by atoms with Crippen LogP contribution in [0.3, 0.4) is 0 Å². The van der Waals surface area contributed by atoms with Gasteiger partial charge in [-0.3, -0.25) is 43.5 Å². The minimum Gasteiger partial charge on any atom is -0.379 e. The third kappa shape index (κ3) is 6.88. The molecule has 0 saturated heterocycles. The van der Waals surface area contributed by atoms with E-state index in [0.717, 1.165) is 14.7 Å². The molecule has 0 bridgehead atoms. The highest BCUT2D eigenvalue weighted by atomic mass is 16.5. The number of hydrogen-bond acceptors (Lipinski definition) is 9. The van der Waals surface area contributed by atoms with Crippen molar-refractivity contribution in [2.45, 2.75) is 45.8 Å². The van der Waals surface area contributed by atoms with Gasteiger partial charge in [0.25, 0.3) is 35.4 Å². The summed E-state index contributed by atoms with van der Waals surface area (Å²) in [7, 11) is 0. The molecule has 3 atom stereocenters. The molecule has 0 N–H and O–H groups in total. The number of rotatable bonds is 15. The summed E-state index contributed by atoms with van der Waals surface area (Å²) in [6.45, 7) is 7.63. The topological polar surface area (TPSA) is 140 Å². The molecule has 0 aromatic carbocycles. The van der Waals surface area contributed by atoms with Gasteiger partial charge < -0.3 is 14.2 Å². The van der Waals surface area contributed by atoms with Gasteiger partial charge >= 0.3 is 0 Å². The second-order valence-corrected chi connectivity index (χ2v) is 10.0. The molecular weight excluding hydrogens is 498 g/mol. The predicted octanol–water partition coefficient (Wildman–Crippen LogP) is -0.0170. The Kier molecular flexibility index (Phi) is 9.47. The van der Waals surface area contributed by atoms with E-state index in [9.17, 15) is 28.8 Å². The maximum atomic E-state index is 11.9. The molecule has 0 aliphatic carbocycles. The second kappa shape index (κ2) is 12.4. The summed E-state index contributed by atoms with van der Waals surface area (Å²) in [6.07, 6.45) is 7.27. The first kappa shape index (κ1) is 29.1. The average Bonchev–Trinajstić information content (AvgIpc) is 3.48. The fraction of sp³-hybridized carbons (Fsp3) is 0.538. The highest BCUT2D eigenvalue weighted by Crippen LogP contribution is 2.21. The molecular formula is C26H33N3O9. The maximum Gasteiger partial charge on any atom is 0.253 e. The van der Waals surface area contributed by atoms with Crippen molar-refractivity contribution in [2.75, 3.05) is 39.6 Å². The van der Waals surface area contributed by atoms with Crippen LogP contribution in [0.2, 0.25) is 0 Å². The smallest absolute Gasteiger partial charge is 0.253 e. The number of carbonyl (C=O) groups is 6. The van der Waals surface area contributed by atoms with Crippen LogP contribution in [0.5, 0.6) is 0 Å². The molecule has 3 unspecified atom stereocenters. The molecule has 12 heteroatoms. The summed E-state index contributed by atoms with van der Waals surface area (Å²) in [5.74, 6) is -2.39. The summed E-state index contributed by atoms with van der Waals surface area (Å²) in [5.41, 5.74) is -0.717. The van der Waals surface area contributed by atoms with Crippen LogP contribution in [-0.4, -0.2) is 108 Å². The van der Waals surface area contributed by atoms with Gasteiger partial charge in [-0.15, -0.1) is 0 Å². The van der Waals surface area contributed by atoms with E-state index >= 15 is 0 Å². The van der Waals surface area contributed by atoms with E-state index in [2.05, 4.69) is 0 Å². The molecule has 3 aliphatic rings. The van der Waals surface area contributed by atoms with Crippen molar-refractivity contribution >= 4 is 35.4 Å². The summed E-state index contributed by atoms with van der Waals surface area (Å²) in [4.78, 5) is 74.8. The van der Waals surface area contributed by atoms with E-state index < -0.39 is 59.0 Å². The predicted molar refractivity (Wildman–Crippen MR) is 132 cm³/mol. The van der Waals surface area contributed by atoms with Crippen molar-refractivity contribution in [1.82, 2.24) is 14.7 Å². The Morgan fingerprint density at radius 3 is 0.947 bits per heavy atom. The maximum absolute atomic E-state index is 11.9. The van der Waals surface area contributed by atoms with Crippen molar-refractivity contribution < 1.29 is 43.0 Å². The zero-order valence-electron chi connectivity index (χ0n) is 22.0. The lowest BCUT2D eigenvalue weighted by atomic mass is 9.94. The van der Waals surface area contributed by atoms with Gasteiger partial charge in [-0.1, -0.05) is 6.92 Å². The van der Waals surface area contributed by atoms with E-state index in [1.165, 1.54) is 36.5 Å². The molecule has 0 spiro atoms. The highest BCUT2D eigenvalue weighted by molar-refractivity contribution is 6.14. The first-order valence-electron chi connectivity index (χ1n) is 12.3. The third-order valence-corrected chi connectivity index (χ3v) is 6.28. The fourth-order valence-corrected chi connectivity index (χ4v) is 4.31. The Bertz CT molecular complexity index is 895. The van der Waals surface area contributed by atoms with E-state index in [4.69, 9.17) is 14.2 Å². The standard InChI is InChI=1S/C26H33N3O9/c1-17(27-20(30)5-6-21(27)31)11-36-14-26(4,15-37-12-18(2)28-22(32)7-8-23(28)33)16-38-13-19(3)29-24(34)9-10-25(29)35/h5-10,17-19H,11-16H2,1-4H3. The van der Waals surface area contributed by atoms with Gasteiger partial charge in [0.1, 0.15) is 0 Å². The van der Waals surface area contributed by atoms with Gasteiger partial charge in [-0.2, -0.15) is 0 Å². The molecule has 38 heavy (non-hydrogen) atoms. The van der Waals surface area contributed by atoms with Gasteiger partial charge in [-0.05, 0) is 20.8 Å². The Labute approximate surface area is 220 Å². The lowest BCUT2D eigenvalue weighted by Crippen LogP contribution is -2.44. The lowest BCUT2D eigenvalue weighted by molar-refractivity contribution is -0.141. The molecule has 3 rings (SSSR count). The zero-order chi connectivity index (χ0) is 28.0. The summed E-state index contributed by atoms with van der Waals surface area (Å²) in [5, 5.41) is 0. The SMILES string of the molecule is CC(COCC(C)(COCC(C)N1C(=O)C=CC1=O)COCC(C)N1C(=O)C=CC1=O)N1C(=O)C=CC1=O. The van der Waals surface area contributed by atoms with Crippen molar-refractivity contribution in [3.63, 3.8) is 0 Å². The molecule has 3 heterocycles.